The molecule has 23 heavy (non-hydrogen) atoms. The maximum atomic E-state index is 14.1. The van der Waals surface area contributed by atoms with Crippen LogP contribution >= 0.6 is 0 Å². The van der Waals surface area contributed by atoms with Crippen LogP contribution in [0.25, 0.3) is 0 Å². The van der Waals surface area contributed by atoms with Gasteiger partial charge in [0.1, 0.15) is 11.6 Å². The molecule has 0 spiro atoms. The molecule has 0 aromatic heterocycles. The van der Waals surface area contributed by atoms with Crippen molar-refractivity contribution in [3.05, 3.63) is 35.4 Å². The lowest BCUT2D eigenvalue weighted by Crippen LogP contribution is -2.44. The molecule has 2 aliphatic heterocycles. The molecule has 0 bridgehead atoms. The van der Waals surface area contributed by atoms with Gasteiger partial charge in [-0.05, 0) is 43.9 Å². The van der Waals surface area contributed by atoms with Crippen molar-refractivity contribution in [2.45, 2.75) is 44.6 Å². The number of nitrogens with zero attached hydrogens (tertiary/aromatic N) is 2. The summed E-state index contributed by atoms with van der Waals surface area (Å²) < 4.78 is 56.4. The van der Waals surface area contributed by atoms with E-state index in [9.17, 15) is 17.2 Å². The second-order valence-corrected chi connectivity index (χ2v) is 8.14. The summed E-state index contributed by atoms with van der Waals surface area (Å²) in [6, 6.07) is 2.64. The lowest BCUT2D eigenvalue weighted by atomic mass is 10.0. The van der Waals surface area contributed by atoms with Crippen LogP contribution in [0.3, 0.4) is 0 Å². The number of hydrogen-bond acceptors (Lipinski definition) is 2. The van der Waals surface area contributed by atoms with E-state index >= 15 is 0 Å². The zero-order valence-corrected chi connectivity index (χ0v) is 13.9. The Morgan fingerprint density at radius 2 is 1.65 bits per heavy atom. The predicted molar refractivity (Wildman–Crippen MR) is 84.0 cm³/mol. The van der Waals surface area contributed by atoms with E-state index < -0.39 is 27.9 Å². The van der Waals surface area contributed by atoms with Crippen molar-refractivity contribution in [3.8, 4) is 0 Å². The van der Waals surface area contributed by atoms with Crippen molar-refractivity contribution < 1.29 is 17.2 Å². The Labute approximate surface area is 136 Å². The largest absolute Gasteiger partial charge is 0.282 e. The van der Waals surface area contributed by atoms with E-state index in [0.717, 1.165) is 43.9 Å². The fraction of sp³-hybridized carbons (Fsp3) is 0.625. The van der Waals surface area contributed by atoms with Crippen LogP contribution in [0.2, 0.25) is 0 Å². The van der Waals surface area contributed by atoms with Gasteiger partial charge in [-0.25, -0.2) is 8.78 Å². The molecular formula is C16H22F2N2O2S. The minimum atomic E-state index is -3.63. The minimum Gasteiger partial charge on any atom is -0.207 e. The maximum Gasteiger partial charge on any atom is 0.282 e. The van der Waals surface area contributed by atoms with E-state index in [1.807, 2.05) is 0 Å². The third-order valence-electron chi connectivity index (χ3n) is 4.71. The molecule has 2 saturated heterocycles. The highest BCUT2D eigenvalue weighted by Gasteiger charge is 2.39. The van der Waals surface area contributed by atoms with Crippen LogP contribution in [0, 0.1) is 11.6 Å². The number of halogens is 2. The van der Waals surface area contributed by atoms with E-state index in [1.54, 1.807) is 0 Å². The standard InChI is InChI=1S/C16H22F2N2O2S/c17-13-7-8-15(18)14(12-13)16-6-5-11-20(16)23(21,22)19-9-3-1-2-4-10-19/h7-8,12,16H,1-6,9-11H2. The molecule has 3 rings (SSSR count). The van der Waals surface area contributed by atoms with Gasteiger partial charge in [0, 0.05) is 25.2 Å². The van der Waals surface area contributed by atoms with Gasteiger partial charge in [-0.15, -0.1) is 0 Å². The molecule has 1 aromatic carbocycles. The van der Waals surface area contributed by atoms with Gasteiger partial charge in [0.2, 0.25) is 0 Å². The molecule has 2 fully saturated rings. The summed E-state index contributed by atoms with van der Waals surface area (Å²) in [7, 11) is -3.63. The first-order chi connectivity index (χ1) is 11.0. The van der Waals surface area contributed by atoms with Gasteiger partial charge in [0.05, 0.1) is 6.04 Å². The zero-order chi connectivity index (χ0) is 16.4. The number of benzene rings is 1. The Morgan fingerprint density at radius 1 is 0.957 bits per heavy atom. The monoisotopic (exact) mass is 344 g/mol. The second-order valence-electron chi connectivity index (χ2n) is 6.26. The normalized spacial score (nSPS) is 24.7. The Morgan fingerprint density at radius 3 is 2.35 bits per heavy atom. The number of hydrogen-bond donors (Lipinski definition) is 0. The molecular weight excluding hydrogens is 322 g/mol. The molecule has 1 aromatic rings. The van der Waals surface area contributed by atoms with Gasteiger partial charge < -0.3 is 0 Å². The molecule has 0 amide bonds. The van der Waals surface area contributed by atoms with Gasteiger partial charge in [0.15, 0.2) is 0 Å². The van der Waals surface area contributed by atoms with Crippen LogP contribution in [0.15, 0.2) is 18.2 Å². The molecule has 0 N–H and O–H groups in total. The fourth-order valence-corrected chi connectivity index (χ4v) is 5.43. The van der Waals surface area contributed by atoms with Gasteiger partial charge in [-0.1, -0.05) is 12.8 Å². The van der Waals surface area contributed by atoms with Crippen molar-refractivity contribution in [2.75, 3.05) is 19.6 Å². The highest BCUT2D eigenvalue weighted by molar-refractivity contribution is 7.86. The van der Waals surface area contributed by atoms with Crippen molar-refractivity contribution in [1.29, 1.82) is 0 Å². The van der Waals surface area contributed by atoms with E-state index in [0.29, 0.717) is 32.5 Å². The quantitative estimate of drug-likeness (QED) is 0.845. The van der Waals surface area contributed by atoms with E-state index in [2.05, 4.69) is 0 Å². The van der Waals surface area contributed by atoms with Crippen LogP contribution in [0.5, 0.6) is 0 Å². The van der Waals surface area contributed by atoms with Crippen molar-refractivity contribution in [3.63, 3.8) is 0 Å². The molecule has 2 aliphatic rings. The van der Waals surface area contributed by atoms with Crippen LogP contribution in [0.1, 0.15) is 50.1 Å². The van der Waals surface area contributed by atoms with Crippen LogP contribution in [0.4, 0.5) is 8.78 Å². The van der Waals surface area contributed by atoms with E-state index in [-0.39, 0.29) is 5.56 Å². The topological polar surface area (TPSA) is 40.6 Å². The first kappa shape index (κ1) is 16.8. The van der Waals surface area contributed by atoms with Crippen LogP contribution in [-0.2, 0) is 10.2 Å². The molecule has 128 valence electrons. The molecule has 1 unspecified atom stereocenters. The summed E-state index contributed by atoms with van der Waals surface area (Å²) in [6.45, 7) is 1.38. The lowest BCUT2D eigenvalue weighted by molar-refractivity contribution is 0.326. The SMILES string of the molecule is O=S(=O)(N1CCCCCC1)N1CCCC1c1cc(F)ccc1F. The Hall–Kier alpha value is -1.05. The molecule has 0 radical (unpaired) electrons. The predicted octanol–water partition coefficient (Wildman–Crippen LogP) is 3.22. The third-order valence-corrected chi connectivity index (χ3v) is 6.76. The summed E-state index contributed by atoms with van der Waals surface area (Å²) in [5, 5.41) is 0. The molecule has 7 heteroatoms. The molecule has 2 heterocycles. The highest BCUT2D eigenvalue weighted by Crippen LogP contribution is 2.37. The zero-order valence-electron chi connectivity index (χ0n) is 13.0. The molecule has 1 atom stereocenters. The Kier molecular flexibility index (Phi) is 4.98. The average Bonchev–Trinajstić information content (AvgIpc) is 2.84. The maximum absolute atomic E-state index is 14.1. The van der Waals surface area contributed by atoms with Crippen molar-refractivity contribution in [2.24, 2.45) is 0 Å². The summed E-state index contributed by atoms with van der Waals surface area (Å²) in [6.07, 6.45) is 4.96. The fourth-order valence-electron chi connectivity index (χ4n) is 3.52. The van der Waals surface area contributed by atoms with E-state index in [1.165, 1.54) is 8.61 Å². The second kappa shape index (κ2) is 6.83. The van der Waals surface area contributed by atoms with Crippen molar-refractivity contribution >= 4 is 10.2 Å². The summed E-state index contributed by atoms with van der Waals surface area (Å²) in [4.78, 5) is 0. The first-order valence-corrected chi connectivity index (χ1v) is 9.62. The molecule has 0 saturated carbocycles. The molecule has 4 nitrogen and oxygen atoms in total. The smallest absolute Gasteiger partial charge is 0.207 e. The average molecular weight is 344 g/mol. The van der Waals surface area contributed by atoms with Crippen LogP contribution in [-0.4, -0.2) is 36.7 Å². The van der Waals surface area contributed by atoms with Gasteiger partial charge in [-0.3, -0.25) is 0 Å². The summed E-state index contributed by atoms with van der Waals surface area (Å²) >= 11 is 0. The van der Waals surface area contributed by atoms with Gasteiger partial charge in [0.25, 0.3) is 10.2 Å². The Balaban J connectivity index is 1.89. The first-order valence-electron chi connectivity index (χ1n) is 8.22. The summed E-state index contributed by atoms with van der Waals surface area (Å²) in [5.74, 6) is -1.09. The Bertz CT molecular complexity index is 658. The highest BCUT2D eigenvalue weighted by atomic mass is 32.2. The third kappa shape index (κ3) is 3.41. The molecule has 0 aliphatic carbocycles. The number of rotatable bonds is 3. The van der Waals surface area contributed by atoms with Crippen LogP contribution < -0.4 is 0 Å². The van der Waals surface area contributed by atoms with Gasteiger partial charge in [-0.2, -0.15) is 17.0 Å². The van der Waals surface area contributed by atoms with Crippen molar-refractivity contribution in [1.82, 2.24) is 8.61 Å². The van der Waals surface area contributed by atoms with Gasteiger partial charge >= 0.3 is 0 Å². The summed E-state index contributed by atoms with van der Waals surface area (Å²) in [5.41, 5.74) is 0.140. The lowest BCUT2D eigenvalue weighted by Gasteiger charge is -2.30. The van der Waals surface area contributed by atoms with E-state index in [4.69, 9.17) is 0 Å². The minimum absolute atomic E-state index is 0.140.